The molecular weight excluding hydrogens is 344 g/mol. The average molecular weight is 358 g/mol. The maximum atomic E-state index is 9.04. The predicted molar refractivity (Wildman–Crippen MR) is 98.1 cm³/mol. The third kappa shape index (κ3) is 2.70. The van der Waals surface area contributed by atoms with Gasteiger partial charge in [0.25, 0.3) is 0 Å². The van der Waals surface area contributed by atoms with E-state index in [1.54, 1.807) is 28.0 Å². The molecule has 0 atom stereocenters. The first-order chi connectivity index (χ1) is 13.3. The van der Waals surface area contributed by atoms with Gasteiger partial charge in [-0.2, -0.15) is 9.78 Å². The predicted octanol–water partition coefficient (Wildman–Crippen LogP) is 1.61. The molecule has 5 aromatic rings. The Morgan fingerprint density at radius 1 is 1.07 bits per heavy atom. The number of aliphatic hydroxyl groups excluding tert-OH is 1. The summed E-state index contributed by atoms with van der Waals surface area (Å²) in [5.41, 5.74) is 4.25. The van der Waals surface area contributed by atoms with Crippen molar-refractivity contribution in [3.63, 3.8) is 0 Å². The summed E-state index contributed by atoms with van der Waals surface area (Å²) in [6.07, 6.45) is 6.93. The molecule has 4 aromatic heterocycles. The number of hydrogen-bond donors (Lipinski definition) is 1. The Balaban J connectivity index is 1.61. The summed E-state index contributed by atoms with van der Waals surface area (Å²) in [5.74, 6) is 0. The largest absolute Gasteiger partial charge is 0.394 e. The van der Waals surface area contributed by atoms with Crippen LogP contribution in [0.4, 0.5) is 0 Å². The summed E-state index contributed by atoms with van der Waals surface area (Å²) in [6, 6.07) is 9.75. The Morgan fingerprint density at radius 2 is 2.04 bits per heavy atom. The van der Waals surface area contributed by atoms with E-state index in [-0.39, 0.29) is 6.61 Å². The van der Waals surface area contributed by atoms with E-state index in [0.29, 0.717) is 23.5 Å². The van der Waals surface area contributed by atoms with Crippen LogP contribution in [0.1, 0.15) is 0 Å². The van der Waals surface area contributed by atoms with E-state index in [4.69, 9.17) is 5.11 Å². The van der Waals surface area contributed by atoms with Gasteiger partial charge in [0.2, 0.25) is 11.3 Å². The van der Waals surface area contributed by atoms with Crippen molar-refractivity contribution >= 4 is 22.2 Å². The quantitative estimate of drug-likeness (QED) is 0.520. The van der Waals surface area contributed by atoms with Gasteiger partial charge >= 0.3 is 0 Å². The average Bonchev–Trinajstić information content (AvgIpc) is 3.34. The lowest BCUT2D eigenvalue weighted by Crippen LogP contribution is -2.01. The first-order valence-electron chi connectivity index (χ1n) is 8.39. The van der Waals surface area contributed by atoms with E-state index < -0.39 is 0 Å². The molecule has 1 aromatic carbocycles. The fourth-order valence-electron chi connectivity index (χ4n) is 2.94. The number of rotatable bonds is 4. The molecule has 0 saturated heterocycles. The molecule has 0 aliphatic rings. The molecule has 0 radical (unpaired) electrons. The summed E-state index contributed by atoms with van der Waals surface area (Å²) in [4.78, 5) is 13.4. The summed E-state index contributed by atoms with van der Waals surface area (Å²) < 4.78 is 3.32. The number of nitrogens with zero attached hydrogens (tertiary/aromatic N) is 8. The van der Waals surface area contributed by atoms with Gasteiger partial charge in [0.05, 0.1) is 42.4 Å². The molecule has 0 fully saturated rings. The molecule has 0 bridgehead atoms. The molecule has 0 amide bonds. The molecule has 9 heteroatoms. The Labute approximate surface area is 152 Å². The van der Waals surface area contributed by atoms with Crippen LogP contribution in [0.5, 0.6) is 0 Å². The van der Waals surface area contributed by atoms with Gasteiger partial charge in [0.1, 0.15) is 0 Å². The maximum absolute atomic E-state index is 9.04. The molecule has 0 saturated carbocycles. The lowest BCUT2D eigenvalue weighted by Gasteiger charge is -2.04. The van der Waals surface area contributed by atoms with Crippen molar-refractivity contribution in [3.8, 4) is 16.9 Å². The molecule has 0 spiro atoms. The van der Waals surface area contributed by atoms with Gasteiger partial charge in [-0.15, -0.1) is 5.10 Å². The van der Waals surface area contributed by atoms with Gasteiger partial charge in [-0.1, -0.05) is 11.3 Å². The molecule has 27 heavy (non-hydrogen) atoms. The molecule has 1 N–H and O–H groups in total. The summed E-state index contributed by atoms with van der Waals surface area (Å²) in [7, 11) is 0. The highest BCUT2D eigenvalue weighted by molar-refractivity contribution is 5.81. The van der Waals surface area contributed by atoms with Crippen LogP contribution in [0, 0.1) is 0 Å². The lowest BCUT2D eigenvalue weighted by atomic mass is 10.2. The minimum absolute atomic E-state index is 0.0271. The van der Waals surface area contributed by atoms with E-state index in [1.165, 1.54) is 0 Å². The second kappa shape index (κ2) is 6.22. The van der Waals surface area contributed by atoms with E-state index in [9.17, 15) is 0 Å². The Bertz CT molecular complexity index is 1260. The molecule has 0 unspecified atom stereocenters. The van der Waals surface area contributed by atoms with Gasteiger partial charge in [-0.3, -0.25) is 9.67 Å². The summed E-state index contributed by atoms with van der Waals surface area (Å²) >= 11 is 0. The van der Waals surface area contributed by atoms with E-state index in [2.05, 4.69) is 30.4 Å². The molecule has 132 valence electrons. The van der Waals surface area contributed by atoms with E-state index >= 15 is 0 Å². The Kier molecular flexibility index (Phi) is 3.58. The zero-order chi connectivity index (χ0) is 18.2. The van der Waals surface area contributed by atoms with E-state index in [1.807, 2.05) is 36.5 Å². The molecule has 5 rings (SSSR count). The van der Waals surface area contributed by atoms with Crippen molar-refractivity contribution in [1.29, 1.82) is 0 Å². The van der Waals surface area contributed by atoms with Crippen molar-refractivity contribution < 1.29 is 5.11 Å². The normalized spacial score (nSPS) is 11.4. The monoisotopic (exact) mass is 358 g/mol. The Hall–Kier alpha value is -3.72. The fourth-order valence-corrected chi connectivity index (χ4v) is 2.94. The van der Waals surface area contributed by atoms with Crippen LogP contribution in [0.25, 0.3) is 39.1 Å². The topological polar surface area (TPSA) is 107 Å². The van der Waals surface area contributed by atoms with Crippen LogP contribution in [-0.2, 0) is 6.54 Å². The van der Waals surface area contributed by atoms with Crippen molar-refractivity contribution in [3.05, 3.63) is 55.1 Å². The van der Waals surface area contributed by atoms with Crippen molar-refractivity contribution in [2.75, 3.05) is 6.61 Å². The third-order valence-corrected chi connectivity index (χ3v) is 4.25. The second-order valence-corrected chi connectivity index (χ2v) is 6.00. The molecular formula is C18H14N8O. The molecule has 0 aliphatic carbocycles. The number of aliphatic hydroxyl groups is 1. The van der Waals surface area contributed by atoms with Gasteiger partial charge in [-0.05, 0) is 24.3 Å². The van der Waals surface area contributed by atoms with E-state index in [0.717, 1.165) is 22.2 Å². The number of pyridine rings is 1. The van der Waals surface area contributed by atoms with Crippen molar-refractivity contribution in [2.24, 2.45) is 0 Å². The zero-order valence-corrected chi connectivity index (χ0v) is 14.1. The fraction of sp³-hybridized carbons (Fsp3) is 0.111. The first-order valence-corrected chi connectivity index (χ1v) is 8.39. The third-order valence-electron chi connectivity index (χ3n) is 4.25. The highest BCUT2D eigenvalue weighted by Gasteiger charge is 2.13. The van der Waals surface area contributed by atoms with Gasteiger partial charge in [0.15, 0.2) is 0 Å². The second-order valence-electron chi connectivity index (χ2n) is 6.00. The van der Waals surface area contributed by atoms with Gasteiger partial charge in [-0.25, -0.2) is 9.97 Å². The molecule has 4 heterocycles. The molecule has 9 nitrogen and oxygen atoms in total. The number of aromatic nitrogens is 8. The minimum Gasteiger partial charge on any atom is -0.394 e. The van der Waals surface area contributed by atoms with Crippen LogP contribution in [0.15, 0.2) is 55.1 Å². The van der Waals surface area contributed by atoms with Crippen LogP contribution in [0.3, 0.4) is 0 Å². The van der Waals surface area contributed by atoms with Crippen molar-refractivity contribution in [2.45, 2.75) is 6.54 Å². The van der Waals surface area contributed by atoms with Crippen LogP contribution < -0.4 is 0 Å². The highest BCUT2D eigenvalue weighted by atomic mass is 16.3. The number of benzene rings is 1. The van der Waals surface area contributed by atoms with Gasteiger partial charge < -0.3 is 5.11 Å². The molecule has 0 aliphatic heterocycles. The SMILES string of the molecule is OCCn1cc(-c2cnc3nnn(-c4ccc5ncccc5c4)c3n2)cn1. The first kappa shape index (κ1) is 15.5. The van der Waals surface area contributed by atoms with Crippen molar-refractivity contribution in [1.82, 2.24) is 39.7 Å². The minimum atomic E-state index is 0.0271. The van der Waals surface area contributed by atoms with Crippen LogP contribution >= 0.6 is 0 Å². The van der Waals surface area contributed by atoms with Crippen LogP contribution in [-0.4, -0.2) is 51.4 Å². The lowest BCUT2D eigenvalue weighted by molar-refractivity contribution is 0.269. The number of fused-ring (bicyclic) bond motifs is 2. The van der Waals surface area contributed by atoms with Crippen LogP contribution in [0.2, 0.25) is 0 Å². The Morgan fingerprint density at radius 3 is 2.96 bits per heavy atom. The van der Waals surface area contributed by atoms with Gasteiger partial charge in [0, 0.05) is 23.3 Å². The maximum Gasteiger partial charge on any atom is 0.221 e. The summed E-state index contributed by atoms with van der Waals surface area (Å²) in [5, 5.41) is 22.6. The standard InChI is InChI=1S/C18H14N8O/c27-7-6-25-11-13(9-21-25)16-10-20-17-18(22-16)26(24-23-17)14-3-4-15-12(8-14)2-1-5-19-15/h1-5,8-11,27H,6-7H2. The summed E-state index contributed by atoms with van der Waals surface area (Å²) in [6.45, 7) is 0.458. The number of hydrogen-bond acceptors (Lipinski definition) is 7. The smallest absolute Gasteiger partial charge is 0.221 e. The zero-order valence-electron chi connectivity index (χ0n) is 14.1. The highest BCUT2D eigenvalue weighted by Crippen LogP contribution is 2.21.